The highest BCUT2D eigenvalue weighted by Gasteiger charge is 2.26. The number of rotatable bonds is 4. The molecule has 2 aromatic rings. The zero-order valence-electron chi connectivity index (χ0n) is 16.4. The summed E-state index contributed by atoms with van der Waals surface area (Å²) < 4.78 is 0. The summed E-state index contributed by atoms with van der Waals surface area (Å²) in [5, 5.41) is 3.57. The van der Waals surface area contributed by atoms with E-state index in [9.17, 15) is 0 Å². The molecule has 2 aromatic heterocycles. The van der Waals surface area contributed by atoms with Gasteiger partial charge in [0.1, 0.15) is 30.1 Å². The van der Waals surface area contributed by atoms with Crippen LogP contribution in [0, 0.1) is 0 Å². The Bertz CT molecular complexity index is 785. The quantitative estimate of drug-likeness (QED) is 0.868. The summed E-state index contributed by atoms with van der Waals surface area (Å²) >= 11 is 0. The molecule has 1 fully saturated rings. The van der Waals surface area contributed by atoms with Gasteiger partial charge in [-0.2, -0.15) is 0 Å². The molecule has 144 valence electrons. The Balaban J connectivity index is 1.41. The van der Waals surface area contributed by atoms with Gasteiger partial charge in [0.15, 0.2) is 0 Å². The van der Waals surface area contributed by atoms with Gasteiger partial charge in [-0.25, -0.2) is 19.9 Å². The molecule has 2 aliphatic heterocycles. The summed E-state index contributed by atoms with van der Waals surface area (Å²) in [6, 6.07) is 2.43. The van der Waals surface area contributed by atoms with Crippen LogP contribution in [-0.4, -0.2) is 71.7 Å². The Labute approximate surface area is 160 Å². The minimum absolute atomic E-state index is 0.423. The van der Waals surface area contributed by atoms with Gasteiger partial charge < -0.3 is 20.0 Å². The lowest BCUT2D eigenvalue weighted by Crippen LogP contribution is -2.41. The van der Waals surface area contributed by atoms with Crippen molar-refractivity contribution >= 4 is 17.5 Å². The standard InChI is InChI=1S/C19H28N8/c1-25(2)18-10-17(21-13-22-18)24-14-4-8-27(9-5-14)19-15-11-26(3)7-6-16(15)20-12-23-19/h10,12-14H,4-9,11H2,1-3H3,(H,21,22,24). The molecule has 0 saturated carbocycles. The molecule has 8 nitrogen and oxygen atoms in total. The van der Waals surface area contributed by atoms with Crippen LogP contribution in [0.2, 0.25) is 0 Å². The monoisotopic (exact) mass is 368 g/mol. The maximum atomic E-state index is 4.63. The molecule has 1 N–H and O–H groups in total. The predicted octanol–water partition coefficient (Wildman–Crippen LogP) is 1.40. The molecule has 4 heterocycles. The first-order valence-electron chi connectivity index (χ1n) is 9.62. The molecule has 0 radical (unpaired) electrons. The van der Waals surface area contributed by atoms with E-state index in [4.69, 9.17) is 0 Å². The van der Waals surface area contributed by atoms with Gasteiger partial charge in [0.2, 0.25) is 0 Å². The van der Waals surface area contributed by atoms with E-state index in [0.29, 0.717) is 6.04 Å². The predicted molar refractivity (Wildman–Crippen MR) is 107 cm³/mol. The van der Waals surface area contributed by atoms with Crippen LogP contribution in [0.25, 0.3) is 0 Å². The molecular formula is C19H28N8. The van der Waals surface area contributed by atoms with Gasteiger partial charge in [0.25, 0.3) is 0 Å². The highest BCUT2D eigenvalue weighted by Crippen LogP contribution is 2.28. The summed E-state index contributed by atoms with van der Waals surface area (Å²) in [4.78, 5) is 24.5. The minimum Gasteiger partial charge on any atom is -0.367 e. The number of nitrogens with one attached hydrogen (secondary N) is 1. The zero-order chi connectivity index (χ0) is 18.8. The van der Waals surface area contributed by atoms with Crippen LogP contribution in [0.5, 0.6) is 0 Å². The van der Waals surface area contributed by atoms with E-state index in [1.807, 2.05) is 25.1 Å². The topological polar surface area (TPSA) is 73.3 Å². The molecular weight excluding hydrogens is 340 g/mol. The first-order valence-corrected chi connectivity index (χ1v) is 9.62. The van der Waals surface area contributed by atoms with Crippen LogP contribution >= 0.6 is 0 Å². The van der Waals surface area contributed by atoms with Gasteiger partial charge in [0.05, 0.1) is 5.69 Å². The van der Waals surface area contributed by atoms with E-state index in [1.54, 1.807) is 12.7 Å². The SMILES string of the molecule is CN1CCc2ncnc(N3CCC(Nc4cc(N(C)C)ncn4)CC3)c2C1. The number of piperidine rings is 1. The van der Waals surface area contributed by atoms with Crippen molar-refractivity contribution in [3.05, 3.63) is 30.0 Å². The lowest BCUT2D eigenvalue weighted by atomic mass is 10.0. The molecule has 0 aliphatic carbocycles. The van der Waals surface area contributed by atoms with Gasteiger partial charge >= 0.3 is 0 Å². The normalized spacial score (nSPS) is 18.3. The molecule has 0 atom stereocenters. The van der Waals surface area contributed by atoms with Crippen LogP contribution < -0.4 is 15.1 Å². The van der Waals surface area contributed by atoms with Gasteiger partial charge in [-0.05, 0) is 19.9 Å². The zero-order valence-corrected chi connectivity index (χ0v) is 16.4. The summed E-state index contributed by atoms with van der Waals surface area (Å²) in [5.41, 5.74) is 2.53. The Morgan fingerprint density at radius 1 is 1.04 bits per heavy atom. The number of hydrogen-bond acceptors (Lipinski definition) is 8. The molecule has 2 aliphatic rings. The molecule has 0 unspecified atom stereocenters. The highest BCUT2D eigenvalue weighted by molar-refractivity contribution is 5.51. The third kappa shape index (κ3) is 3.95. The third-order valence-electron chi connectivity index (χ3n) is 5.43. The largest absolute Gasteiger partial charge is 0.367 e. The highest BCUT2D eigenvalue weighted by atomic mass is 15.2. The van der Waals surface area contributed by atoms with Crippen molar-refractivity contribution in [1.82, 2.24) is 24.8 Å². The number of aromatic nitrogens is 4. The van der Waals surface area contributed by atoms with Crippen LogP contribution in [0.3, 0.4) is 0 Å². The molecule has 8 heteroatoms. The third-order valence-corrected chi connectivity index (χ3v) is 5.43. The number of anilines is 3. The molecule has 0 bridgehead atoms. The van der Waals surface area contributed by atoms with E-state index in [2.05, 4.69) is 42.1 Å². The van der Waals surface area contributed by atoms with E-state index < -0.39 is 0 Å². The maximum absolute atomic E-state index is 4.63. The van der Waals surface area contributed by atoms with E-state index in [1.165, 1.54) is 11.3 Å². The molecule has 4 rings (SSSR count). The lowest BCUT2D eigenvalue weighted by molar-refractivity contribution is 0.309. The van der Waals surface area contributed by atoms with Crippen molar-refractivity contribution in [2.45, 2.75) is 31.8 Å². The van der Waals surface area contributed by atoms with Crippen molar-refractivity contribution in [3.8, 4) is 0 Å². The van der Waals surface area contributed by atoms with Crippen LogP contribution in [0.1, 0.15) is 24.1 Å². The van der Waals surface area contributed by atoms with Crippen molar-refractivity contribution in [2.75, 3.05) is 55.9 Å². The van der Waals surface area contributed by atoms with Crippen LogP contribution in [0.4, 0.5) is 17.5 Å². The summed E-state index contributed by atoms with van der Waals surface area (Å²) in [6.07, 6.45) is 6.50. The summed E-state index contributed by atoms with van der Waals surface area (Å²) in [5.74, 6) is 2.94. The first-order chi connectivity index (χ1) is 13.1. The van der Waals surface area contributed by atoms with Crippen molar-refractivity contribution in [3.63, 3.8) is 0 Å². The number of likely N-dealkylation sites (N-methyl/N-ethyl adjacent to an activating group) is 1. The Morgan fingerprint density at radius 2 is 1.81 bits per heavy atom. The smallest absolute Gasteiger partial charge is 0.136 e. The van der Waals surface area contributed by atoms with Gasteiger partial charge in [-0.15, -0.1) is 0 Å². The summed E-state index contributed by atoms with van der Waals surface area (Å²) in [6.45, 7) is 4.01. The first kappa shape index (κ1) is 17.9. The maximum Gasteiger partial charge on any atom is 0.136 e. The average molecular weight is 368 g/mol. The average Bonchev–Trinajstić information content (AvgIpc) is 2.68. The second-order valence-corrected chi connectivity index (χ2v) is 7.67. The van der Waals surface area contributed by atoms with Crippen molar-refractivity contribution < 1.29 is 0 Å². The van der Waals surface area contributed by atoms with Crippen LogP contribution in [-0.2, 0) is 13.0 Å². The second kappa shape index (κ2) is 7.64. The van der Waals surface area contributed by atoms with Gasteiger partial charge in [-0.1, -0.05) is 0 Å². The van der Waals surface area contributed by atoms with Gasteiger partial charge in [-0.3, -0.25) is 0 Å². The number of hydrogen-bond donors (Lipinski definition) is 1. The Kier molecular flexibility index (Phi) is 5.07. The lowest BCUT2D eigenvalue weighted by Gasteiger charge is -2.36. The van der Waals surface area contributed by atoms with E-state index in [0.717, 1.165) is 62.9 Å². The molecule has 0 spiro atoms. The fourth-order valence-electron chi connectivity index (χ4n) is 3.85. The number of nitrogens with zero attached hydrogens (tertiary/aromatic N) is 7. The van der Waals surface area contributed by atoms with Crippen molar-refractivity contribution in [1.29, 1.82) is 0 Å². The fourth-order valence-corrected chi connectivity index (χ4v) is 3.85. The Morgan fingerprint density at radius 3 is 2.59 bits per heavy atom. The Hall–Kier alpha value is -2.48. The van der Waals surface area contributed by atoms with Crippen molar-refractivity contribution in [2.24, 2.45) is 0 Å². The second-order valence-electron chi connectivity index (χ2n) is 7.67. The van der Waals surface area contributed by atoms with E-state index >= 15 is 0 Å². The number of fused-ring (bicyclic) bond motifs is 1. The molecule has 0 aromatic carbocycles. The molecule has 0 amide bonds. The fraction of sp³-hybridized carbons (Fsp3) is 0.579. The van der Waals surface area contributed by atoms with Crippen LogP contribution in [0.15, 0.2) is 18.7 Å². The van der Waals surface area contributed by atoms with Gasteiger partial charge in [0, 0.05) is 64.4 Å². The summed E-state index contributed by atoms with van der Waals surface area (Å²) in [7, 11) is 6.15. The minimum atomic E-state index is 0.423. The molecule has 1 saturated heterocycles. The van der Waals surface area contributed by atoms with E-state index in [-0.39, 0.29) is 0 Å². The molecule has 27 heavy (non-hydrogen) atoms.